The average molecular weight is 267 g/mol. The van der Waals surface area contributed by atoms with Crippen molar-refractivity contribution in [3.63, 3.8) is 0 Å². The molecule has 4 N–H and O–H groups in total. The molecule has 5 heteroatoms. The Labute approximate surface area is 117 Å². The number of aryl methyl sites for hydroxylation is 1. The van der Waals surface area contributed by atoms with Crippen molar-refractivity contribution in [2.75, 3.05) is 12.3 Å². The zero-order valence-electron chi connectivity index (χ0n) is 11.4. The van der Waals surface area contributed by atoms with Crippen molar-refractivity contribution in [1.82, 2.24) is 15.0 Å². The lowest BCUT2D eigenvalue weighted by Crippen LogP contribution is -2.08. The van der Waals surface area contributed by atoms with Crippen molar-refractivity contribution in [3.8, 4) is 0 Å². The van der Waals surface area contributed by atoms with Gasteiger partial charge in [0.15, 0.2) is 5.65 Å². The molecule has 0 aliphatic carbocycles. The number of hydrogen-bond donors (Lipinski definition) is 2. The number of nitrogens with zero attached hydrogens (tertiary/aromatic N) is 3. The summed E-state index contributed by atoms with van der Waals surface area (Å²) in [5.41, 5.74) is 14.4. The number of pyridine rings is 1. The summed E-state index contributed by atoms with van der Waals surface area (Å²) < 4.78 is 0. The van der Waals surface area contributed by atoms with Crippen LogP contribution in [0.5, 0.6) is 0 Å². The lowest BCUT2D eigenvalue weighted by atomic mass is 10.1. The number of nitrogen functional groups attached to an aromatic ring is 1. The molecule has 0 saturated heterocycles. The molecule has 0 aliphatic rings. The summed E-state index contributed by atoms with van der Waals surface area (Å²) in [5, 5.41) is 1.87. The fraction of sp³-hybridized carbons (Fsp3) is 0.267. The van der Waals surface area contributed by atoms with Gasteiger partial charge in [0, 0.05) is 11.8 Å². The highest BCUT2D eigenvalue weighted by molar-refractivity contribution is 5.95. The quantitative estimate of drug-likeness (QED) is 0.706. The van der Waals surface area contributed by atoms with Crippen molar-refractivity contribution in [2.24, 2.45) is 5.73 Å². The van der Waals surface area contributed by atoms with E-state index >= 15 is 0 Å². The minimum atomic E-state index is 0.467. The number of aromatic nitrogens is 3. The highest BCUT2D eigenvalue weighted by Crippen LogP contribution is 2.23. The zero-order valence-corrected chi connectivity index (χ0v) is 11.4. The third-order valence-corrected chi connectivity index (χ3v) is 3.40. The van der Waals surface area contributed by atoms with E-state index in [0.29, 0.717) is 30.3 Å². The van der Waals surface area contributed by atoms with Gasteiger partial charge in [0.25, 0.3) is 0 Å². The summed E-state index contributed by atoms with van der Waals surface area (Å²) >= 11 is 0. The van der Waals surface area contributed by atoms with E-state index in [-0.39, 0.29) is 0 Å². The normalized spacial score (nSPS) is 11.3. The third-order valence-electron chi connectivity index (χ3n) is 3.40. The molecule has 0 unspecified atom stereocenters. The number of anilines is 1. The van der Waals surface area contributed by atoms with Gasteiger partial charge in [-0.1, -0.05) is 13.0 Å². The number of hydrogen-bond acceptors (Lipinski definition) is 5. The highest BCUT2D eigenvalue weighted by atomic mass is 15.0. The van der Waals surface area contributed by atoms with E-state index in [1.165, 1.54) is 5.56 Å². The van der Waals surface area contributed by atoms with Gasteiger partial charge in [-0.2, -0.15) is 0 Å². The van der Waals surface area contributed by atoms with Gasteiger partial charge < -0.3 is 11.5 Å². The van der Waals surface area contributed by atoms with Crippen LogP contribution in [0.1, 0.15) is 18.3 Å². The monoisotopic (exact) mass is 267 g/mol. The summed E-state index contributed by atoms with van der Waals surface area (Å²) in [5.74, 6) is 1.12. The Bertz CT molecular complexity index is 782. The van der Waals surface area contributed by atoms with Crippen LogP contribution in [-0.4, -0.2) is 21.5 Å². The summed E-state index contributed by atoms with van der Waals surface area (Å²) in [6, 6.07) is 8.26. The lowest BCUT2D eigenvalue weighted by Gasteiger charge is -2.06. The molecule has 0 radical (unpaired) electrons. The van der Waals surface area contributed by atoms with Crippen LogP contribution in [0.3, 0.4) is 0 Å². The Morgan fingerprint density at radius 2 is 1.95 bits per heavy atom. The molecule has 2 aromatic heterocycles. The van der Waals surface area contributed by atoms with E-state index in [4.69, 9.17) is 11.5 Å². The van der Waals surface area contributed by atoms with Gasteiger partial charge in [-0.15, -0.1) is 0 Å². The Morgan fingerprint density at radius 1 is 1.10 bits per heavy atom. The molecule has 0 amide bonds. The maximum atomic E-state index is 6.02. The van der Waals surface area contributed by atoms with E-state index in [0.717, 1.165) is 22.7 Å². The van der Waals surface area contributed by atoms with E-state index in [1.54, 1.807) is 0 Å². The van der Waals surface area contributed by atoms with Crippen LogP contribution in [0.25, 0.3) is 21.9 Å². The molecule has 0 bridgehead atoms. The van der Waals surface area contributed by atoms with Gasteiger partial charge in [0.1, 0.15) is 11.6 Å². The summed E-state index contributed by atoms with van der Waals surface area (Å²) in [4.78, 5) is 13.3. The molecule has 5 nitrogen and oxygen atoms in total. The summed E-state index contributed by atoms with van der Waals surface area (Å²) in [7, 11) is 0. The SMILES string of the molecule is CCc1ccc2nc3nc(CCN)nc(N)c3cc2c1. The van der Waals surface area contributed by atoms with Crippen LogP contribution in [0.4, 0.5) is 5.82 Å². The van der Waals surface area contributed by atoms with E-state index in [2.05, 4.69) is 34.0 Å². The van der Waals surface area contributed by atoms with Crippen molar-refractivity contribution in [2.45, 2.75) is 19.8 Å². The third kappa shape index (κ3) is 2.16. The molecule has 0 fully saturated rings. The van der Waals surface area contributed by atoms with E-state index in [9.17, 15) is 0 Å². The van der Waals surface area contributed by atoms with Gasteiger partial charge in [-0.05, 0) is 36.7 Å². The van der Waals surface area contributed by atoms with Gasteiger partial charge in [-0.3, -0.25) is 0 Å². The van der Waals surface area contributed by atoms with Crippen LogP contribution >= 0.6 is 0 Å². The molecule has 3 aromatic rings. The van der Waals surface area contributed by atoms with Crippen molar-refractivity contribution < 1.29 is 0 Å². The number of benzene rings is 1. The fourth-order valence-corrected chi connectivity index (χ4v) is 2.30. The van der Waals surface area contributed by atoms with Gasteiger partial charge in [0.2, 0.25) is 0 Å². The molecule has 3 rings (SSSR count). The van der Waals surface area contributed by atoms with Crippen LogP contribution in [0.15, 0.2) is 24.3 Å². The smallest absolute Gasteiger partial charge is 0.165 e. The maximum Gasteiger partial charge on any atom is 0.165 e. The first kappa shape index (κ1) is 12.7. The van der Waals surface area contributed by atoms with Crippen molar-refractivity contribution in [3.05, 3.63) is 35.7 Å². The second-order valence-corrected chi connectivity index (χ2v) is 4.80. The molecule has 1 aromatic carbocycles. The minimum absolute atomic E-state index is 0.467. The number of fused-ring (bicyclic) bond motifs is 2. The largest absolute Gasteiger partial charge is 0.383 e. The van der Waals surface area contributed by atoms with Crippen LogP contribution in [0, 0.1) is 0 Å². The molecule has 0 atom stereocenters. The Morgan fingerprint density at radius 3 is 2.70 bits per heavy atom. The molecule has 102 valence electrons. The minimum Gasteiger partial charge on any atom is -0.383 e. The molecule has 20 heavy (non-hydrogen) atoms. The molecule has 0 aliphatic heterocycles. The Kier molecular flexibility index (Phi) is 3.20. The van der Waals surface area contributed by atoms with Gasteiger partial charge >= 0.3 is 0 Å². The van der Waals surface area contributed by atoms with Gasteiger partial charge in [-0.25, -0.2) is 15.0 Å². The maximum absolute atomic E-state index is 6.02. The lowest BCUT2D eigenvalue weighted by molar-refractivity contribution is 0.879. The predicted molar refractivity (Wildman–Crippen MR) is 81.4 cm³/mol. The predicted octanol–water partition coefficient (Wildman–Crippen LogP) is 1.82. The van der Waals surface area contributed by atoms with E-state index in [1.807, 2.05) is 12.1 Å². The number of rotatable bonds is 3. The molecular formula is C15H17N5. The second-order valence-electron chi connectivity index (χ2n) is 4.80. The fourth-order valence-electron chi connectivity index (χ4n) is 2.30. The highest BCUT2D eigenvalue weighted by Gasteiger charge is 2.08. The van der Waals surface area contributed by atoms with Crippen molar-refractivity contribution >= 4 is 27.8 Å². The topological polar surface area (TPSA) is 90.7 Å². The molecule has 0 spiro atoms. The van der Waals surface area contributed by atoms with Crippen LogP contribution < -0.4 is 11.5 Å². The molecular weight excluding hydrogens is 250 g/mol. The Balaban J connectivity index is 2.26. The Hall–Kier alpha value is -2.27. The summed E-state index contributed by atoms with van der Waals surface area (Å²) in [6.07, 6.45) is 1.60. The molecule has 0 saturated carbocycles. The number of nitrogens with two attached hydrogens (primary N) is 2. The first-order valence-corrected chi connectivity index (χ1v) is 6.77. The van der Waals surface area contributed by atoms with Crippen LogP contribution in [0.2, 0.25) is 0 Å². The van der Waals surface area contributed by atoms with Crippen molar-refractivity contribution in [1.29, 1.82) is 0 Å². The average Bonchev–Trinajstić information content (AvgIpc) is 2.45. The first-order chi connectivity index (χ1) is 9.71. The second kappa shape index (κ2) is 5.02. The van der Waals surface area contributed by atoms with Crippen LogP contribution in [-0.2, 0) is 12.8 Å². The summed E-state index contributed by atoms with van der Waals surface area (Å²) in [6.45, 7) is 2.63. The molecule has 2 heterocycles. The zero-order chi connectivity index (χ0) is 14.1. The first-order valence-electron chi connectivity index (χ1n) is 6.77. The van der Waals surface area contributed by atoms with Gasteiger partial charge in [0.05, 0.1) is 10.9 Å². The standard InChI is InChI=1S/C15H17N5/c1-2-9-3-4-12-10(7-9)8-11-14(17)19-13(5-6-16)20-15(11)18-12/h3-4,7-8H,2,5-6,16H2,1H3,(H2,17,18,19,20). The van der Waals surface area contributed by atoms with E-state index < -0.39 is 0 Å².